The van der Waals surface area contributed by atoms with Gasteiger partial charge in [-0.25, -0.2) is 0 Å². The van der Waals surface area contributed by atoms with Gasteiger partial charge >= 0.3 is 0 Å². The van der Waals surface area contributed by atoms with E-state index in [2.05, 4.69) is 5.32 Å². The lowest BCUT2D eigenvalue weighted by Crippen LogP contribution is -2.25. The molecule has 0 heterocycles. The number of anilines is 1. The normalized spacial score (nSPS) is 14.2. The molecular formula is C21H26N2O3. The molecule has 0 aromatic heterocycles. The quantitative estimate of drug-likeness (QED) is 0.747. The molecule has 0 saturated heterocycles. The zero-order chi connectivity index (χ0) is 18.4. The monoisotopic (exact) mass is 354 g/mol. The molecule has 138 valence electrons. The maximum Gasteiger partial charge on any atom is 0.224 e. The highest BCUT2D eigenvalue weighted by Crippen LogP contribution is 2.30. The van der Waals surface area contributed by atoms with E-state index in [-0.39, 0.29) is 12.0 Å². The number of carbonyl (C=O) groups is 1. The van der Waals surface area contributed by atoms with Gasteiger partial charge in [0.15, 0.2) is 0 Å². The highest BCUT2D eigenvalue weighted by atomic mass is 16.5. The Hall–Kier alpha value is -2.69. The number of nitrogens with one attached hydrogen (secondary N) is 1. The van der Waals surface area contributed by atoms with Gasteiger partial charge < -0.3 is 20.5 Å². The first-order valence-electron chi connectivity index (χ1n) is 9.09. The summed E-state index contributed by atoms with van der Waals surface area (Å²) in [5, 5.41) is 2.97. The number of methoxy groups -OCH3 is 1. The summed E-state index contributed by atoms with van der Waals surface area (Å²) in [7, 11) is 1.64. The molecule has 1 aliphatic carbocycles. The van der Waals surface area contributed by atoms with Gasteiger partial charge in [0.05, 0.1) is 19.6 Å². The lowest BCUT2D eigenvalue weighted by molar-refractivity contribution is -0.120. The number of nitrogen functional groups attached to an aromatic ring is 1. The van der Waals surface area contributed by atoms with Gasteiger partial charge in [0.25, 0.3) is 0 Å². The second-order valence-electron chi connectivity index (χ2n) is 6.69. The molecule has 2 aromatic rings. The minimum Gasteiger partial charge on any atom is -0.497 e. The van der Waals surface area contributed by atoms with Crippen molar-refractivity contribution in [2.24, 2.45) is 0 Å². The fourth-order valence-electron chi connectivity index (χ4n) is 3.18. The van der Waals surface area contributed by atoms with Crippen LogP contribution < -0.4 is 20.5 Å². The van der Waals surface area contributed by atoms with Crippen LogP contribution in [0.2, 0.25) is 0 Å². The third-order valence-corrected chi connectivity index (χ3v) is 4.69. The molecule has 1 amide bonds. The maximum absolute atomic E-state index is 12.2. The van der Waals surface area contributed by atoms with Crippen molar-refractivity contribution in [3.63, 3.8) is 0 Å². The first-order valence-corrected chi connectivity index (χ1v) is 9.09. The third-order valence-electron chi connectivity index (χ3n) is 4.69. The van der Waals surface area contributed by atoms with Crippen LogP contribution in [-0.4, -0.2) is 19.1 Å². The summed E-state index contributed by atoms with van der Waals surface area (Å²) in [6.45, 7) is 0.430. The molecule has 5 heteroatoms. The molecule has 1 aliphatic rings. The number of amides is 1. The Kier molecular flexibility index (Phi) is 6.00. The van der Waals surface area contributed by atoms with E-state index in [1.807, 2.05) is 30.3 Å². The Morgan fingerprint density at radius 2 is 1.88 bits per heavy atom. The molecule has 0 unspecified atom stereocenters. The zero-order valence-corrected chi connectivity index (χ0v) is 15.2. The summed E-state index contributed by atoms with van der Waals surface area (Å²) in [5.74, 6) is 1.52. The summed E-state index contributed by atoms with van der Waals surface area (Å²) in [6, 6.07) is 13.1. The van der Waals surface area contributed by atoms with E-state index in [4.69, 9.17) is 15.2 Å². The SMILES string of the molecule is COc1ccc(CNC(=O)Cc2ccc(N)cc2)c(OC2CCCC2)c1. The molecule has 26 heavy (non-hydrogen) atoms. The van der Waals surface area contributed by atoms with Gasteiger partial charge in [-0.3, -0.25) is 4.79 Å². The number of hydrogen-bond acceptors (Lipinski definition) is 4. The summed E-state index contributed by atoms with van der Waals surface area (Å²) in [4.78, 5) is 12.2. The Bertz CT molecular complexity index is 737. The van der Waals surface area contributed by atoms with Crippen molar-refractivity contribution >= 4 is 11.6 Å². The van der Waals surface area contributed by atoms with Crippen molar-refractivity contribution in [2.45, 2.75) is 44.8 Å². The standard InChI is InChI=1S/C21H26N2O3/c1-25-19-11-8-16(20(13-19)26-18-4-2-3-5-18)14-23-21(24)12-15-6-9-17(22)10-7-15/h6-11,13,18H,2-5,12,14,22H2,1H3,(H,23,24). The van der Waals surface area contributed by atoms with Crippen molar-refractivity contribution in [1.82, 2.24) is 5.32 Å². The fraction of sp³-hybridized carbons (Fsp3) is 0.381. The van der Waals surface area contributed by atoms with Crippen LogP contribution in [0.15, 0.2) is 42.5 Å². The van der Waals surface area contributed by atoms with Crippen LogP contribution in [-0.2, 0) is 17.8 Å². The Labute approximate surface area is 154 Å². The molecule has 0 radical (unpaired) electrons. The topological polar surface area (TPSA) is 73.6 Å². The Morgan fingerprint density at radius 1 is 1.15 bits per heavy atom. The van der Waals surface area contributed by atoms with Crippen molar-refractivity contribution in [3.05, 3.63) is 53.6 Å². The summed E-state index contributed by atoms with van der Waals surface area (Å²) in [5.41, 5.74) is 8.27. The molecule has 2 aromatic carbocycles. The smallest absolute Gasteiger partial charge is 0.224 e. The van der Waals surface area contributed by atoms with Crippen LogP contribution in [0.5, 0.6) is 11.5 Å². The van der Waals surface area contributed by atoms with E-state index in [0.717, 1.165) is 35.5 Å². The van der Waals surface area contributed by atoms with Gasteiger partial charge in [-0.05, 0) is 55.5 Å². The van der Waals surface area contributed by atoms with E-state index in [1.165, 1.54) is 12.8 Å². The predicted octanol–water partition coefficient (Wildman–Crippen LogP) is 3.46. The predicted molar refractivity (Wildman–Crippen MR) is 102 cm³/mol. The molecule has 1 saturated carbocycles. The second-order valence-corrected chi connectivity index (χ2v) is 6.69. The molecule has 0 bridgehead atoms. The van der Waals surface area contributed by atoms with Crippen LogP contribution in [0.1, 0.15) is 36.8 Å². The van der Waals surface area contributed by atoms with E-state index in [9.17, 15) is 4.79 Å². The number of rotatable bonds is 7. The molecule has 1 fully saturated rings. The summed E-state index contributed by atoms with van der Waals surface area (Å²) >= 11 is 0. The lowest BCUT2D eigenvalue weighted by Gasteiger charge is -2.18. The van der Waals surface area contributed by atoms with Gasteiger partial charge in [-0.1, -0.05) is 12.1 Å². The molecule has 0 spiro atoms. The van der Waals surface area contributed by atoms with Gasteiger partial charge in [0.1, 0.15) is 11.5 Å². The number of ether oxygens (including phenoxy) is 2. The molecule has 0 atom stereocenters. The number of hydrogen-bond donors (Lipinski definition) is 2. The van der Waals surface area contributed by atoms with Crippen LogP contribution in [0.25, 0.3) is 0 Å². The number of nitrogens with two attached hydrogens (primary N) is 1. The van der Waals surface area contributed by atoms with Crippen molar-refractivity contribution in [1.29, 1.82) is 0 Å². The van der Waals surface area contributed by atoms with E-state index in [1.54, 1.807) is 19.2 Å². The van der Waals surface area contributed by atoms with Crippen LogP contribution in [0, 0.1) is 0 Å². The van der Waals surface area contributed by atoms with E-state index >= 15 is 0 Å². The highest BCUT2D eigenvalue weighted by Gasteiger charge is 2.18. The first-order chi connectivity index (χ1) is 12.6. The number of carbonyl (C=O) groups excluding carboxylic acids is 1. The van der Waals surface area contributed by atoms with Crippen molar-refractivity contribution in [2.75, 3.05) is 12.8 Å². The minimum atomic E-state index is -0.0302. The molecule has 5 nitrogen and oxygen atoms in total. The molecule has 3 rings (SSSR count). The van der Waals surface area contributed by atoms with E-state index < -0.39 is 0 Å². The van der Waals surface area contributed by atoms with Crippen LogP contribution in [0.4, 0.5) is 5.69 Å². The van der Waals surface area contributed by atoms with Crippen molar-refractivity contribution < 1.29 is 14.3 Å². The molecule has 3 N–H and O–H groups in total. The average molecular weight is 354 g/mol. The minimum absolute atomic E-state index is 0.0302. The van der Waals surface area contributed by atoms with Gasteiger partial charge in [0.2, 0.25) is 5.91 Å². The largest absolute Gasteiger partial charge is 0.497 e. The van der Waals surface area contributed by atoms with Crippen molar-refractivity contribution in [3.8, 4) is 11.5 Å². The Morgan fingerprint density at radius 3 is 2.58 bits per heavy atom. The second kappa shape index (κ2) is 8.61. The van der Waals surface area contributed by atoms with Crippen LogP contribution in [0.3, 0.4) is 0 Å². The third kappa shape index (κ3) is 4.91. The number of benzene rings is 2. The van der Waals surface area contributed by atoms with Crippen LogP contribution >= 0.6 is 0 Å². The summed E-state index contributed by atoms with van der Waals surface area (Å²) in [6.07, 6.45) is 5.17. The van der Waals surface area contributed by atoms with Gasteiger partial charge in [-0.15, -0.1) is 0 Å². The Balaban J connectivity index is 1.62. The average Bonchev–Trinajstić information content (AvgIpc) is 3.15. The van der Waals surface area contributed by atoms with Gasteiger partial charge in [-0.2, -0.15) is 0 Å². The summed E-state index contributed by atoms with van der Waals surface area (Å²) < 4.78 is 11.5. The maximum atomic E-state index is 12.2. The fourth-order valence-corrected chi connectivity index (χ4v) is 3.18. The zero-order valence-electron chi connectivity index (χ0n) is 15.2. The van der Waals surface area contributed by atoms with Gasteiger partial charge in [0, 0.05) is 23.9 Å². The first kappa shape index (κ1) is 18.1. The highest BCUT2D eigenvalue weighted by molar-refractivity contribution is 5.78. The van der Waals surface area contributed by atoms with E-state index in [0.29, 0.717) is 18.7 Å². The lowest BCUT2D eigenvalue weighted by atomic mass is 10.1. The molecule has 0 aliphatic heterocycles. The molecular weight excluding hydrogens is 328 g/mol.